The molecule has 0 bridgehead atoms. The van der Waals surface area contributed by atoms with Crippen molar-refractivity contribution in [1.82, 2.24) is 5.32 Å². The van der Waals surface area contributed by atoms with Gasteiger partial charge in [0.2, 0.25) is 0 Å². The molecule has 1 unspecified atom stereocenters. The van der Waals surface area contributed by atoms with Crippen LogP contribution in [-0.2, 0) is 0 Å². The molecule has 0 amide bonds. The third-order valence-corrected chi connectivity index (χ3v) is 2.82. The fourth-order valence-corrected chi connectivity index (χ4v) is 2.00. The molecule has 90 valence electrons. The van der Waals surface area contributed by atoms with Crippen molar-refractivity contribution >= 4 is 0 Å². The highest BCUT2D eigenvalue weighted by Crippen LogP contribution is 2.29. The normalized spacial score (nSPS) is 12.9. The molecule has 2 heteroatoms. The first-order valence-electron chi connectivity index (χ1n) is 5.90. The van der Waals surface area contributed by atoms with Gasteiger partial charge in [0, 0.05) is 11.6 Å². The molecule has 0 saturated carbocycles. The van der Waals surface area contributed by atoms with E-state index < -0.39 is 0 Å². The van der Waals surface area contributed by atoms with Crippen LogP contribution >= 0.6 is 0 Å². The Morgan fingerprint density at radius 1 is 1.31 bits per heavy atom. The quantitative estimate of drug-likeness (QED) is 0.823. The Balaban J connectivity index is 3.02. The maximum atomic E-state index is 5.42. The summed E-state index contributed by atoms with van der Waals surface area (Å²) in [6.45, 7) is 6.60. The first-order valence-corrected chi connectivity index (χ1v) is 5.90. The van der Waals surface area contributed by atoms with Gasteiger partial charge in [0.15, 0.2) is 0 Å². The Labute approximate surface area is 99.0 Å². The fourth-order valence-electron chi connectivity index (χ4n) is 2.00. The molecule has 0 radical (unpaired) electrons. The Kier molecular flexibility index (Phi) is 4.81. The molecule has 2 nitrogen and oxygen atoms in total. The summed E-state index contributed by atoms with van der Waals surface area (Å²) in [4.78, 5) is 0. The molecule has 0 aliphatic heterocycles. The highest BCUT2D eigenvalue weighted by Gasteiger charge is 2.15. The Morgan fingerprint density at radius 3 is 2.50 bits per heavy atom. The van der Waals surface area contributed by atoms with E-state index in [4.69, 9.17) is 4.74 Å². The van der Waals surface area contributed by atoms with Gasteiger partial charge in [-0.3, -0.25) is 0 Å². The van der Waals surface area contributed by atoms with Crippen molar-refractivity contribution in [1.29, 1.82) is 0 Å². The average Bonchev–Trinajstić information content (AvgIpc) is 2.25. The molecule has 0 spiro atoms. The highest BCUT2D eigenvalue weighted by atomic mass is 16.5. The van der Waals surface area contributed by atoms with Crippen LogP contribution in [0.1, 0.15) is 37.4 Å². The summed E-state index contributed by atoms with van der Waals surface area (Å²) in [5.74, 6) is 1.65. The zero-order valence-electron chi connectivity index (χ0n) is 11.0. The molecule has 0 saturated heterocycles. The highest BCUT2D eigenvalue weighted by molar-refractivity contribution is 5.39. The van der Waals surface area contributed by atoms with Crippen LogP contribution < -0.4 is 10.1 Å². The Bertz CT molecular complexity index is 334. The van der Waals surface area contributed by atoms with Crippen molar-refractivity contribution in [2.24, 2.45) is 5.92 Å². The van der Waals surface area contributed by atoms with Crippen LogP contribution in [-0.4, -0.2) is 14.2 Å². The summed E-state index contributed by atoms with van der Waals surface area (Å²) < 4.78 is 5.42. The lowest BCUT2D eigenvalue weighted by Crippen LogP contribution is -2.19. The topological polar surface area (TPSA) is 21.3 Å². The minimum atomic E-state index is 0.370. The number of rotatable bonds is 5. The molecule has 0 aromatic heterocycles. The van der Waals surface area contributed by atoms with E-state index in [1.807, 2.05) is 7.05 Å². The van der Waals surface area contributed by atoms with Crippen LogP contribution in [0, 0.1) is 12.8 Å². The van der Waals surface area contributed by atoms with Crippen LogP contribution in [0.15, 0.2) is 18.2 Å². The number of methoxy groups -OCH3 is 1. The van der Waals surface area contributed by atoms with Crippen molar-refractivity contribution < 1.29 is 4.74 Å². The number of hydrogen-bond acceptors (Lipinski definition) is 2. The molecule has 1 N–H and O–H groups in total. The first-order chi connectivity index (χ1) is 7.58. The monoisotopic (exact) mass is 221 g/mol. The number of nitrogens with one attached hydrogen (secondary N) is 1. The second-order valence-corrected chi connectivity index (χ2v) is 4.72. The molecule has 1 aromatic carbocycles. The van der Waals surface area contributed by atoms with Gasteiger partial charge in [-0.2, -0.15) is 0 Å². The number of benzene rings is 1. The molecule has 1 aromatic rings. The van der Waals surface area contributed by atoms with E-state index in [0.717, 1.165) is 12.2 Å². The van der Waals surface area contributed by atoms with Gasteiger partial charge in [0.25, 0.3) is 0 Å². The van der Waals surface area contributed by atoms with Gasteiger partial charge in [0.1, 0.15) is 5.75 Å². The maximum Gasteiger partial charge on any atom is 0.123 e. The summed E-state index contributed by atoms with van der Waals surface area (Å²) in [7, 11) is 3.74. The van der Waals surface area contributed by atoms with Gasteiger partial charge >= 0.3 is 0 Å². The maximum absolute atomic E-state index is 5.42. The zero-order chi connectivity index (χ0) is 12.1. The standard InChI is InChI=1S/C14H23NO/c1-10(2)8-13(15-4)12-9-11(3)6-7-14(12)16-5/h6-7,9-10,13,15H,8H2,1-5H3. The Hall–Kier alpha value is -1.02. The zero-order valence-corrected chi connectivity index (χ0v) is 11.0. The van der Waals surface area contributed by atoms with Crippen molar-refractivity contribution in [2.75, 3.05) is 14.2 Å². The molecular weight excluding hydrogens is 198 g/mol. The van der Waals surface area contributed by atoms with E-state index in [9.17, 15) is 0 Å². The summed E-state index contributed by atoms with van der Waals surface area (Å²) in [5, 5.41) is 3.37. The van der Waals surface area contributed by atoms with Crippen LogP contribution in [0.4, 0.5) is 0 Å². The summed E-state index contributed by atoms with van der Waals surface area (Å²) >= 11 is 0. The van der Waals surface area contributed by atoms with Gasteiger partial charge in [0.05, 0.1) is 7.11 Å². The predicted molar refractivity (Wildman–Crippen MR) is 69.0 cm³/mol. The van der Waals surface area contributed by atoms with Crippen molar-refractivity contribution in [3.8, 4) is 5.75 Å². The van der Waals surface area contributed by atoms with E-state index in [1.165, 1.54) is 11.1 Å². The van der Waals surface area contributed by atoms with E-state index in [1.54, 1.807) is 7.11 Å². The molecular formula is C14H23NO. The minimum Gasteiger partial charge on any atom is -0.496 e. The van der Waals surface area contributed by atoms with E-state index in [2.05, 4.69) is 44.3 Å². The van der Waals surface area contributed by atoms with Gasteiger partial charge in [-0.15, -0.1) is 0 Å². The average molecular weight is 221 g/mol. The van der Waals surface area contributed by atoms with Crippen LogP contribution in [0.5, 0.6) is 5.75 Å². The molecule has 1 rings (SSSR count). The molecule has 0 heterocycles. The van der Waals surface area contributed by atoms with Crippen molar-refractivity contribution in [2.45, 2.75) is 33.2 Å². The van der Waals surface area contributed by atoms with Gasteiger partial charge in [-0.1, -0.05) is 31.5 Å². The Morgan fingerprint density at radius 2 is 2.00 bits per heavy atom. The lowest BCUT2D eigenvalue weighted by atomic mass is 9.95. The van der Waals surface area contributed by atoms with Gasteiger partial charge in [-0.05, 0) is 32.4 Å². The summed E-state index contributed by atoms with van der Waals surface area (Å²) in [5.41, 5.74) is 2.54. The van der Waals surface area contributed by atoms with Gasteiger partial charge < -0.3 is 10.1 Å². The number of ether oxygens (including phenoxy) is 1. The van der Waals surface area contributed by atoms with E-state index in [0.29, 0.717) is 12.0 Å². The summed E-state index contributed by atoms with van der Waals surface area (Å²) in [6.07, 6.45) is 1.12. The van der Waals surface area contributed by atoms with Crippen molar-refractivity contribution in [3.05, 3.63) is 29.3 Å². The third-order valence-electron chi connectivity index (χ3n) is 2.82. The smallest absolute Gasteiger partial charge is 0.123 e. The first kappa shape index (κ1) is 13.0. The lowest BCUT2D eigenvalue weighted by Gasteiger charge is -2.21. The third kappa shape index (κ3) is 3.24. The second kappa shape index (κ2) is 5.90. The van der Waals surface area contributed by atoms with Gasteiger partial charge in [-0.25, -0.2) is 0 Å². The molecule has 0 aliphatic carbocycles. The van der Waals surface area contributed by atoms with Crippen LogP contribution in [0.3, 0.4) is 0 Å². The van der Waals surface area contributed by atoms with E-state index >= 15 is 0 Å². The largest absolute Gasteiger partial charge is 0.496 e. The predicted octanol–water partition coefficient (Wildman–Crippen LogP) is 3.31. The molecule has 1 atom stereocenters. The molecule has 0 fully saturated rings. The fraction of sp³-hybridized carbons (Fsp3) is 0.571. The summed E-state index contributed by atoms with van der Waals surface area (Å²) in [6, 6.07) is 6.72. The minimum absolute atomic E-state index is 0.370. The number of hydrogen-bond donors (Lipinski definition) is 1. The lowest BCUT2D eigenvalue weighted by molar-refractivity contribution is 0.389. The molecule has 16 heavy (non-hydrogen) atoms. The van der Waals surface area contributed by atoms with Crippen LogP contribution in [0.2, 0.25) is 0 Å². The van der Waals surface area contributed by atoms with Crippen LogP contribution in [0.25, 0.3) is 0 Å². The number of aryl methyl sites for hydroxylation is 1. The molecule has 0 aliphatic rings. The van der Waals surface area contributed by atoms with E-state index in [-0.39, 0.29) is 0 Å². The SMILES string of the molecule is CNC(CC(C)C)c1cc(C)ccc1OC. The van der Waals surface area contributed by atoms with Crippen molar-refractivity contribution in [3.63, 3.8) is 0 Å². The second-order valence-electron chi connectivity index (χ2n) is 4.72.